The van der Waals surface area contributed by atoms with Gasteiger partial charge in [-0.05, 0) is 26.0 Å². The second-order valence-corrected chi connectivity index (χ2v) is 4.96. The van der Waals surface area contributed by atoms with Crippen molar-refractivity contribution in [2.45, 2.75) is 19.9 Å². The van der Waals surface area contributed by atoms with Crippen molar-refractivity contribution in [3.8, 4) is 11.4 Å². The van der Waals surface area contributed by atoms with Crippen LogP contribution in [0.3, 0.4) is 0 Å². The van der Waals surface area contributed by atoms with Crippen LogP contribution >= 0.6 is 0 Å². The van der Waals surface area contributed by atoms with Gasteiger partial charge in [0.05, 0.1) is 16.5 Å². The standard InChI is InChI=1S/C14H13N5O2/c1-9(2)18-14-11(8-16-18)7-15-13(17-14)10-3-5-12(6-4-10)19(20)21/h3-9H,1-2H3. The average Bonchev–Trinajstić information content (AvgIpc) is 2.90. The maximum Gasteiger partial charge on any atom is 0.269 e. The third-order valence-corrected chi connectivity index (χ3v) is 3.16. The molecule has 0 saturated heterocycles. The smallest absolute Gasteiger partial charge is 0.258 e. The molecule has 0 amide bonds. The molecule has 0 aliphatic rings. The topological polar surface area (TPSA) is 86.7 Å². The number of non-ortho nitro benzene ring substituents is 1. The summed E-state index contributed by atoms with van der Waals surface area (Å²) in [5, 5.41) is 15.8. The van der Waals surface area contributed by atoms with E-state index in [1.807, 2.05) is 18.5 Å². The summed E-state index contributed by atoms with van der Waals surface area (Å²) >= 11 is 0. The predicted molar refractivity (Wildman–Crippen MR) is 77.8 cm³/mol. The molecule has 0 saturated carbocycles. The second kappa shape index (κ2) is 4.93. The maximum absolute atomic E-state index is 10.7. The highest BCUT2D eigenvalue weighted by Gasteiger charge is 2.11. The highest BCUT2D eigenvalue weighted by atomic mass is 16.6. The molecule has 0 spiro atoms. The number of rotatable bonds is 3. The minimum atomic E-state index is -0.429. The van der Waals surface area contributed by atoms with Crippen molar-refractivity contribution in [3.05, 3.63) is 46.8 Å². The van der Waals surface area contributed by atoms with E-state index in [0.29, 0.717) is 5.82 Å². The molecule has 7 heteroatoms. The van der Waals surface area contributed by atoms with E-state index in [2.05, 4.69) is 15.1 Å². The first kappa shape index (κ1) is 13.2. The van der Waals surface area contributed by atoms with Gasteiger partial charge >= 0.3 is 0 Å². The summed E-state index contributed by atoms with van der Waals surface area (Å²) in [5.41, 5.74) is 1.54. The van der Waals surface area contributed by atoms with Crippen LogP contribution in [0.25, 0.3) is 22.4 Å². The number of nitrogens with zero attached hydrogens (tertiary/aromatic N) is 5. The fraction of sp³-hybridized carbons (Fsp3) is 0.214. The fourth-order valence-corrected chi connectivity index (χ4v) is 2.09. The number of benzene rings is 1. The summed E-state index contributed by atoms with van der Waals surface area (Å²) in [5.74, 6) is 0.528. The van der Waals surface area contributed by atoms with Crippen LogP contribution in [0.5, 0.6) is 0 Å². The zero-order chi connectivity index (χ0) is 15.0. The average molecular weight is 283 g/mol. The van der Waals surface area contributed by atoms with Crippen molar-refractivity contribution in [1.29, 1.82) is 0 Å². The van der Waals surface area contributed by atoms with E-state index in [1.165, 1.54) is 12.1 Å². The Hall–Kier alpha value is -2.83. The molecule has 0 fully saturated rings. The minimum Gasteiger partial charge on any atom is -0.258 e. The molecule has 21 heavy (non-hydrogen) atoms. The SMILES string of the molecule is CC(C)n1ncc2cnc(-c3ccc([N+](=O)[O-])cc3)nc21. The van der Waals surface area contributed by atoms with Gasteiger partial charge in [-0.15, -0.1) is 0 Å². The molecule has 2 heterocycles. The van der Waals surface area contributed by atoms with E-state index in [9.17, 15) is 10.1 Å². The Labute approximate surface area is 120 Å². The molecule has 0 aliphatic heterocycles. The van der Waals surface area contributed by atoms with Gasteiger partial charge in [0.2, 0.25) is 0 Å². The summed E-state index contributed by atoms with van der Waals surface area (Å²) in [6.07, 6.45) is 3.44. The zero-order valence-corrected chi connectivity index (χ0v) is 11.6. The lowest BCUT2D eigenvalue weighted by atomic mass is 10.2. The molecule has 0 N–H and O–H groups in total. The molecule has 3 rings (SSSR count). The molecule has 106 valence electrons. The normalized spacial score (nSPS) is 11.2. The minimum absolute atomic E-state index is 0.0482. The van der Waals surface area contributed by atoms with Gasteiger partial charge in [-0.1, -0.05) is 0 Å². The summed E-state index contributed by atoms with van der Waals surface area (Å²) in [4.78, 5) is 19.1. The van der Waals surface area contributed by atoms with E-state index in [1.54, 1.807) is 24.5 Å². The van der Waals surface area contributed by atoms with Crippen molar-refractivity contribution in [3.63, 3.8) is 0 Å². The number of nitro benzene ring substituents is 1. The third-order valence-electron chi connectivity index (χ3n) is 3.16. The van der Waals surface area contributed by atoms with Crippen LogP contribution in [0.15, 0.2) is 36.7 Å². The third kappa shape index (κ3) is 2.33. The molecule has 1 aromatic carbocycles. The summed E-state index contributed by atoms with van der Waals surface area (Å²) in [6.45, 7) is 4.06. The van der Waals surface area contributed by atoms with Crippen LogP contribution in [0, 0.1) is 10.1 Å². The Bertz CT molecular complexity index is 808. The molecule has 0 bridgehead atoms. The number of hydrogen-bond acceptors (Lipinski definition) is 5. The van der Waals surface area contributed by atoms with Crippen molar-refractivity contribution in [1.82, 2.24) is 19.7 Å². The van der Waals surface area contributed by atoms with Crippen molar-refractivity contribution >= 4 is 16.7 Å². The highest BCUT2D eigenvalue weighted by Crippen LogP contribution is 2.22. The van der Waals surface area contributed by atoms with Crippen molar-refractivity contribution in [2.24, 2.45) is 0 Å². The number of aromatic nitrogens is 4. The van der Waals surface area contributed by atoms with Crippen molar-refractivity contribution < 1.29 is 4.92 Å². The molecule has 0 atom stereocenters. The van der Waals surface area contributed by atoms with Crippen molar-refractivity contribution in [2.75, 3.05) is 0 Å². The predicted octanol–water partition coefficient (Wildman–Crippen LogP) is 2.98. The second-order valence-electron chi connectivity index (χ2n) is 4.96. The molecule has 3 aromatic rings. The Morgan fingerprint density at radius 2 is 1.90 bits per heavy atom. The Kier molecular flexibility index (Phi) is 3.09. The highest BCUT2D eigenvalue weighted by molar-refractivity contribution is 5.76. The van der Waals surface area contributed by atoms with Gasteiger partial charge < -0.3 is 0 Å². The van der Waals surface area contributed by atoms with Crippen LogP contribution in [0.2, 0.25) is 0 Å². The fourth-order valence-electron chi connectivity index (χ4n) is 2.09. The number of nitro groups is 1. The van der Waals surface area contributed by atoms with Gasteiger partial charge in [0.1, 0.15) is 0 Å². The molecule has 0 radical (unpaired) electrons. The van der Waals surface area contributed by atoms with Gasteiger partial charge in [0.25, 0.3) is 5.69 Å². The van der Waals surface area contributed by atoms with E-state index < -0.39 is 4.92 Å². The van der Waals surface area contributed by atoms with Gasteiger partial charge in [-0.2, -0.15) is 5.10 Å². The number of hydrogen-bond donors (Lipinski definition) is 0. The lowest BCUT2D eigenvalue weighted by Crippen LogP contribution is -2.04. The molecule has 0 aliphatic carbocycles. The Balaban J connectivity index is 2.07. The maximum atomic E-state index is 10.7. The van der Waals surface area contributed by atoms with E-state index in [0.717, 1.165) is 16.6 Å². The van der Waals surface area contributed by atoms with Gasteiger partial charge in [0.15, 0.2) is 11.5 Å². The van der Waals surface area contributed by atoms with Crippen LogP contribution in [-0.2, 0) is 0 Å². The number of fused-ring (bicyclic) bond motifs is 1. The first-order chi connectivity index (χ1) is 10.1. The van der Waals surface area contributed by atoms with Crippen LogP contribution < -0.4 is 0 Å². The van der Waals surface area contributed by atoms with E-state index >= 15 is 0 Å². The Morgan fingerprint density at radius 1 is 1.19 bits per heavy atom. The van der Waals surface area contributed by atoms with Gasteiger partial charge in [-0.3, -0.25) is 10.1 Å². The monoisotopic (exact) mass is 283 g/mol. The Morgan fingerprint density at radius 3 is 2.52 bits per heavy atom. The zero-order valence-electron chi connectivity index (χ0n) is 11.6. The molecular weight excluding hydrogens is 270 g/mol. The van der Waals surface area contributed by atoms with Crippen LogP contribution in [-0.4, -0.2) is 24.7 Å². The first-order valence-corrected chi connectivity index (χ1v) is 6.51. The lowest BCUT2D eigenvalue weighted by molar-refractivity contribution is -0.384. The van der Waals surface area contributed by atoms with Gasteiger partial charge in [-0.25, -0.2) is 14.6 Å². The summed E-state index contributed by atoms with van der Waals surface area (Å²) in [6, 6.07) is 6.39. The molecule has 0 unspecified atom stereocenters. The lowest BCUT2D eigenvalue weighted by Gasteiger charge is -2.07. The summed E-state index contributed by atoms with van der Waals surface area (Å²) in [7, 11) is 0. The van der Waals surface area contributed by atoms with Crippen LogP contribution in [0.4, 0.5) is 5.69 Å². The van der Waals surface area contributed by atoms with E-state index in [4.69, 9.17) is 0 Å². The van der Waals surface area contributed by atoms with Crippen LogP contribution in [0.1, 0.15) is 19.9 Å². The molecule has 2 aromatic heterocycles. The first-order valence-electron chi connectivity index (χ1n) is 6.51. The van der Waals surface area contributed by atoms with Gasteiger partial charge in [0, 0.05) is 29.9 Å². The van der Waals surface area contributed by atoms with E-state index in [-0.39, 0.29) is 11.7 Å². The molecule has 7 nitrogen and oxygen atoms in total. The summed E-state index contributed by atoms with van der Waals surface area (Å²) < 4.78 is 1.83. The quantitative estimate of drug-likeness (QED) is 0.544. The largest absolute Gasteiger partial charge is 0.269 e. The molecular formula is C14H13N5O2.